The van der Waals surface area contributed by atoms with E-state index in [1.807, 2.05) is 24.4 Å². The lowest BCUT2D eigenvalue weighted by molar-refractivity contribution is 0.313. The Morgan fingerprint density at radius 3 is 2.71 bits per heavy atom. The molecule has 1 aliphatic rings. The van der Waals surface area contributed by atoms with Gasteiger partial charge in [-0.1, -0.05) is 6.07 Å². The molecule has 3 heterocycles. The first-order valence-electron chi connectivity index (χ1n) is 8.10. The average Bonchev–Trinajstić information content (AvgIpc) is 3.00. The highest BCUT2D eigenvalue weighted by molar-refractivity contribution is 5.68. The number of nitrogens with two attached hydrogens (primary N) is 1. The van der Waals surface area contributed by atoms with Gasteiger partial charge in [0.2, 0.25) is 5.95 Å². The van der Waals surface area contributed by atoms with Crippen LogP contribution in [0.3, 0.4) is 0 Å². The Labute approximate surface area is 140 Å². The summed E-state index contributed by atoms with van der Waals surface area (Å²) in [5.74, 6) is 0.545. The number of anilines is 4. The maximum atomic E-state index is 5.93. The number of benzene rings is 1. The average molecular weight is 323 g/mol. The van der Waals surface area contributed by atoms with E-state index >= 15 is 0 Å². The standard InChI is InChI=1S/C17H21N7/c1-22-8-10-23(11-9-22)14-5-2-4-13(12-14)19-17-20-16-15(18)6-3-7-24(16)21-17/h2-7,12H,8-11,18H2,1H3,(H,19,21). The van der Waals surface area contributed by atoms with Gasteiger partial charge in [0, 0.05) is 43.8 Å². The molecule has 1 saturated heterocycles. The zero-order chi connectivity index (χ0) is 16.5. The number of pyridine rings is 1. The van der Waals surface area contributed by atoms with E-state index in [1.54, 1.807) is 4.52 Å². The van der Waals surface area contributed by atoms with E-state index in [0.29, 0.717) is 17.3 Å². The highest BCUT2D eigenvalue weighted by atomic mass is 15.3. The molecule has 0 saturated carbocycles. The minimum Gasteiger partial charge on any atom is -0.396 e. The molecule has 4 rings (SSSR count). The molecule has 24 heavy (non-hydrogen) atoms. The zero-order valence-corrected chi connectivity index (χ0v) is 13.7. The van der Waals surface area contributed by atoms with Crippen molar-refractivity contribution in [2.75, 3.05) is 49.2 Å². The first kappa shape index (κ1) is 14.8. The molecule has 0 unspecified atom stereocenters. The van der Waals surface area contributed by atoms with Gasteiger partial charge < -0.3 is 20.9 Å². The molecule has 7 heteroatoms. The predicted octanol–water partition coefficient (Wildman–Crippen LogP) is 1.81. The smallest absolute Gasteiger partial charge is 0.247 e. The highest BCUT2D eigenvalue weighted by Crippen LogP contribution is 2.23. The highest BCUT2D eigenvalue weighted by Gasteiger charge is 2.14. The lowest BCUT2D eigenvalue weighted by Crippen LogP contribution is -2.44. The van der Waals surface area contributed by atoms with Gasteiger partial charge >= 0.3 is 0 Å². The molecule has 1 aromatic carbocycles. The summed E-state index contributed by atoms with van der Waals surface area (Å²) in [5.41, 5.74) is 9.40. The van der Waals surface area contributed by atoms with Gasteiger partial charge in [-0.3, -0.25) is 0 Å². The Hall–Kier alpha value is -2.80. The number of aromatic nitrogens is 3. The summed E-state index contributed by atoms with van der Waals surface area (Å²) >= 11 is 0. The second-order valence-electron chi connectivity index (χ2n) is 6.13. The summed E-state index contributed by atoms with van der Waals surface area (Å²) in [6, 6.07) is 12.0. The van der Waals surface area contributed by atoms with E-state index in [2.05, 4.69) is 50.4 Å². The van der Waals surface area contributed by atoms with Crippen LogP contribution in [0.25, 0.3) is 5.65 Å². The van der Waals surface area contributed by atoms with Crippen LogP contribution in [0.1, 0.15) is 0 Å². The molecule has 3 N–H and O–H groups in total. The summed E-state index contributed by atoms with van der Waals surface area (Å²) in [7, 11) is 2.16. The molecule has 1 fully saturated rings. The molecule has 0 bridgehead atoms. The summed E-state index contributed by atoms with van der Waals surface area (Å²) in [5, 5.41) is 7.69. The first-order valence-corrected chi connectivity index (χ1v) is 8.10. The SMILES string of the molecule is CN1CCN(c2cccc(Nc3nc4c(N)cccn4n3)c2)CC1. The minimum atomic E-state index is 0.545. The summed E-state index contributed by atoms with van der Waals surface area (Å²) in [6.45, 7) is 4.27. The predicted molar refractivity (Wildman–Crippen MR) is 96.8 cm³/mol. The molecule has 0 radical (unpaired) electrons. The van der Waals surface area contributed by atoms with Crippen molar-refractivity contribution in [2.24, 2.45) is 0 Å². The molecule has 0 aliphatic carbocycles. The number of rotatable bonds is 3. The van der Waals surface area contributed by atoms with Crippen molar-refractivity contribution in [2.45, 2.75) is 0 Å². The van der Waals surface area contributed by atoms with Gasteiger partial charge in [0.15, 0.2) is 5.65 Å². The van der Waals surface area contributed by atoms with Crippen LogP contribution in [0.4, 0.5) is 23.0 Å². The fraction of sp³-hybridized carbons (Fsp3) is 0.294. The Morgan fingerprint density at radius 2 is 1.92 bits per heavy atom. The van der Waals surface area contributed by atoms with Gasteiger partial charge in [-0.2, -0.15) is 4.98 Å². The lowest BCUT2D eigenvalue weighted by Gasteiger charge is -2.34. The third-order valence-electron chi connectivity index (χ3n) is 4.36. The molecule has 0 spiro atoms. The van der Waals surface area contributed by atoms with Crippen LogP contribution < -0.4 is 16.0 Å². The number of likely N-dealkylation sites (N-methyl/N-ethyl adjacent to an activating group) is 1. The number of fused-ring (bicyclic) bond motifs is 1. The molecule has 7 nitrogen and oxygen atoms in total. The van der Waals surface area contributed by atoms with Crippen LogP contribution in [-0.2, 0) is 0 Å². The normalized spacial score (nSPS) is 15.8. The molecular weight excluding hydrogens is 302 g/mol. The van der Waals surface area contributed by atoms with E-state index in [1.165, 1.54) is 5.69 Å². The van der Waals surface area contributed by atoms with Crippen LogP contribution in [0.2, 0.25) is 0 Å². The number of piperazine rings is 1. The van der Waals surface area contributed by atoms with Gasteiger partial charge in [-0.15, -0.1) is 5.10 Å². The fourth-order valence-electron chi connectivity index (χ4n) is 2.95. The van der Waals surface area contributed by atoms with E-state index in [9.17, 15) is 0 Å². The third-order valence-corrected chi connectivity index (χ3v) is 4.36. The molecular formula is C17H21N7. The Bertz CT molecular complexity index is 849. The van der Waals surface area contributed by atoms with Crippen molar-refractivity contribution in [3.8, 4) is 0 Å². The Kier molecular flexibility index (Phi) is 3.70. The van der Waals surface area contributed by atoms with Gasteiger partial charge in [0.1, 0.15) is 0 Å². The van der Waals surface area contributed by atoms with Crippen LogP contribution in [0, 0.1) is 0 Å². The number of nitrogens with one attached hydrogen (secondary N) is 1. The summed E-state index contributed by atoms with van der Waals surface area (Å²) < 4.78 is 1.68. The number of hydrogen-bond donors (Lipinski definition) is 2. The van der Waals surface area contributed by atoms with Crippen LogP contribution in [0.15, 0.2) is 42.6 Å². The van der Waals surface area contributed by atoms with E-state index in [0.717, 1.165) is 31.9 Å². The Balaban J connectivity index is 1.55. The summed E-state index contributed by atoms with van der Waals surface area (Å²) in [4.78, 5) is 9.21. The largest absolute Gasteiger partial charge is 0.396 e. The van der Waals surface area contributed by atoms with Crippen LogP contribution in [-0.4, -0.2) is 52.7 Å². The monoisotopic (exact) mass is 323 g/mol. The molecule has 0 atom stereocenters. The van der Waals surface area contributed by atoms with Crippen molar-refractivity contribution in [3.05, 3.63) is 42.6 Å². The van der Waals surface area contributed by atoms with E-state index in [4.69, 9.17) is 5.73 Å². The van der Waals surface area contributed by atoms with Crippen molar-refractivity contribution >= 4 is 28.7 Å². The van der Waals surface area contributed by atoms with Crippen molar-refractivity contribution in [1.29, 1.82) is 0 Å². The van der Waals surface area contributed by atoms with Crippen molar-refractivity contribution in [1.82, 2.24) is 19.5 Å². The summed E-state index contributed by atoms with van der Waals surface area (Å²) in [6.07, 6.45) is 1.84. The molecule has 3 aromatic rings. The number of nitrogen functional groups attached to an aromatic ring is 1. The van der Waals surface area contributed by atoms with E-state index < -0.39 is 0 Å². The number of hydrogen-bond acceptors (Lipinski definition) is 6. The molecule has 0 amide bonds. The van der Waals surface area contributed by atoms with Gasteiger partial charge in [-0.05, 0) is 37.4 Å². The van der Waals surface area contributed by atoms with Gasteiger partial charge in [-0.25, -0.2) is 4.52 Å². The number of nitrogens with zero attached hydrogens (tertiary/aromatic N) is 5. The molecule has 2 aromatic heterocycles. The quantitative estimate of drug-likeness (QED) is 0.766. The van der Waals surface area contributed by atoms with Crippen LogP contribution >= 0.6 is 0 Å². The lowest BCUT2D eigenvalue weighted by atomic mass is 10.2. The Morgan fingerprint density at radius 1 is 1.08 bits per heavy atom. The minimum absolute atomic E-state index is 0.545. The second kappa shape index (κ2) is 6.01. The van der Waals surface area contributed by atoms with Crippen molar-refractivity contribution < 1.29 is 0 Å². The topological polar surface area (TPSA) is 74.7 Å². The second-order valence-corrected chi connectivity index (χ2v) is 6.13. The van der Waals surface area contributed by atoms with E-state index in [-0.39, 0.29) is 0 Å². The fourth-order valence-corrected chi connectivity index (χ4v) is 2.95. The van der Waals surface area contributed by atoms with Gasteiger partial charge in [0.25, 0.3) is 0 Å². The van der Waals surface area contributed by atoms with Crippen LogP contribution in [0.5, 0.6) is 0 Å². The van der Waals surface area contributed by atoms with Gasteiger partial charge in [0.05, 0.1) is 5.69 Å². The first-order chi connectivity index (χ1) is 11.7. The molecule has 124 valence electrons. The maximum absolute atomic E-state index is 5.93. The zero-order valence-electron chi connectivity index (χ0n) is 13.7. The third kappa shape index (κ3) is 2.85. The van der Waals surface area contributed by atoms with Crippen molar-refractivity contribution in [3.63, 3.8) is 0 Å². The molecule has 1 aliphatic heterocycles. The maximum Gasteiger partial charge on any atom is 0.247 e.